The van der Waals surface area contributed by atoms with Gasteiger partial charge in [0, 0.05) is 0 Å². The number of carbonyl (C=O) groups excluding carboxylic acids is 2. The lowest BCUT2D eigenvalue weighted by atomic mass is 9.78. The van der Waals surface area contributed by atoms with Gasteiger partial charge in [-0.05, 0) is 49.3 Å². The van der Waals surface area contributed by atoms with Crippen LogP contribution in [0.25, 0.3) is 5.53 Å². The van der Waals surface area contributed by atoms with Gasteiger partial charge in [0.15, 0.2) is 0 Å². The maximum Gasteiger partial charge on any atom is 0.441 e. The summed E-state index contributed by atoms with van der Waals surface area (Å²) in [4.78, 5) is 27.3. The van der Waals surface area contributed by atoms with Crippen molar-refractivity contribution < 1.29 is 24.2 Å². The quantitative estimate of drug-likeness (QED) is 0.520. The molecule has 0 spiro atoms. The van der Waals surface area contributed by atoms with Gasteiger partial charge in [-0.3, -0.25) is 4.79 Å². The number of ether oxygens (including phenoxy) is 1. The van der Waals surface area contributed by atoms with Crippen molar-refractivity contribution in [2.45, 2.75) is 44.6 Å². The molecule has 1 aliphatic carbocycles. The Balaban J connectivity index is 1.77. The minimum Gasteiger partial charge on any atom is -0.508 e. The fraction of sp³-hybridized carbons (Fsp3) is 0.500. The van der Waals surface area contributed by atoms with Gasteiger partial charge in [-0.25, -0.2) is 4.79 Å². The Morgan fingerprint density at radius 2 is 1.83 bits per heavy atom. The molecule has 2 aliphatic rings. The van der Waals surface area contributed by atoms with Gasteiger partial charge in [-0.15, -0.1) is 0 Å². The van der Waals surface area contributed by atoms with Gasteiger partial charge in [0.05, 0.1) is 5.92 Å². The first-order valence-corrected chi connectivity index (χ1v) is 8.35. The number of hydrogen-bond acceptors (Lipinski definition) is 4. The number of phenolic OH excluding ortho intramolecular Hbond substituents is 1. The number of esters is 1. The molecule has 2 unspecified atom stereocenters. The van der Waals surface area contributed by atoms with Crippen molar-refractivity contribution >= 4 is 17.5 Å². The van der Waals surface area contributed by atoms with Crippen molar-refractivity contribution in [1.29, 1.82) is 0 Å². The Hall–Kier alpha value is -2.46. The molecule has 1 N–H and O–H groups in total. The average Bonchev–Trinajstić information content (AvgIpc) is 3.08. The number of carbonyl (C=O) groups is 2. The molecule has 1 saturated carbocycles. The molecule has 0 amide bonds. The first-order chi connectivity index (χ1) is 11.6. The lowest BCUT2D eigenvalue weighted by Crippen LogP contribution is -2.49. The van der Waals surface area contributed by atoms with Gasteiger partial charge < -0.3 is 15.4 Å². The second-order valence-corrected chi connectivity index (χ2v) is 6.53. The van der Waals surface area contributed by atoms with E-state index in [4.69, 9.17) is 10.3 Å². The van der Waals surface area contributed by atoms with E-state index in [-0.39, 0.29) is 11.7 Å². The van der Waals surface area contributed by atoms with E-state index in [1.807, 2.05) is 12.1 Å². The number of nitrogens with zero attached hydrogens (tertiary/aromatic N) is 2. The molecule has 1 aromatic rings. The van der Waals surface area contributed by atoms with Gasteiger partial charge in [0.25, 0.3) is 5.78 Å². The molecule has 2 fully saturated rings. The minimum atomic E-state index is -0.840. The van der Waals surface area contributed by atoms with E-state index in [0.717, 1.165) is 31.2 Å². The van der Waals surface area contributed by atoms with Crippen molar-refractivity contribution in [3.63, 3.8) is 0 Å². The predicted molar refractivity (Wildman–Crippen MR) is 85.4 cm³/mol. The fourth-order valence-electron chi connectivity index (χ4n) is 3.83. The molecule has 1 aliphatic heterocycles. The number of rotatable bonds is 4. The zero-order valence-electron chi connectivity index (χ0n) is 13.4. The average molecular weight is 328 g/mol. The summed E-state index contributed by atoms with van der Waals surface area (Å²) in [6.07, 6.45) is 4.68. The van der Waals surface area contributed by atoms with E-state index >= 15 is 0 Å². The number of hydrogen-bond donors (Lipinski definition) is 1. The van der Waals surface area contributed by atoms with Crippen LogP contribution in [0.4, 0.5) is 0 Å². The Morgan fingerprint density at radius 1 is 1.17 bits per heavy atom. The molecule has 0 aromatic heterocycles. The number of aryl methyl sites for hydroxylation is 1. The van der Waals surface area contributed by atoms with Crippen LogP contribution in [0.1, 0.15) is 37.7 Å². The lowest BCUT2D eigenvalue weighted by molar-refractivity contribution is -0.160. The summed E-state index contributed by atoms with van der Waals surface area (Å²) in [7, 11) is 0. The molecule has 1 heterocycles. The number of ketones is 1. The Bertz CT molecular complexity index is 685. The SMILES string of the molecule is [N-]=[N+]=C1C(=O)OC(CCc2ccc(O)cc2)C(C2CCCC2)C1=O. The van der Waals surface area contributed by atoms with Crippen LogP contribution in [0.5, 0.6) is 5.75 Å². The zero-order valence-corrected chi connectivity index (χ0v) is 13.4. The molecule has 0 bridgehead atoms. The highest BCUT2D eigenvalue weighted by atomic mass is 16.5. The number of Topliss-reactive ketones (excluding diaryl/α,β-unsaturated/α-hetero) is 1. The van der Waals surface area contributed by atoms with Crippen LogP contribution in [0.2, 0.25) is 0 Å². The van der Waals surface area contributed by atoms with E-state index in [1.54, 1.807) is 12.1 Å². The van der Waals surface area contributed by atoms with Gasteiger partial charge in [0.1, 0.15) is 11.9 Å². The highest BCUT2D eigenvalue weighted by molar-refractivity contribution is 6.63. The van der Waals surface area contributed by atoms with Crippen LogP contribution >= 0.6 is 0 Å². The molecule has 6 heteroatoms. The molecule has 0 radical (unpaired) electrons. The third kappa shape index (κ3) is 3.24. The van der Waals surface area contributed by atoms with Crippen LogP contribution in [0, 0.1) is 11.8 Å². The molecule has 1 saturated heterocycles. The first-order valence-electron chi connectivity index (χ1n) is 8.35. The first kappa shape index (κ1) is 16.4. The van der Waals surface area contributed by atoms with Crippen molar-refractivity contribution in [3.05, 3.63) is 35.4 Å². The third-order valence-corrected chi connectivity index (χ3v) is 5.05. The van der Waals surface area contributed by atoms with Gasteiger partial charge in [-0.2, -0.15) is 4.79 Å². The molecule has 1 aromatic carbocycles. The largest absolute Gasteiger partial charge is 0.508 e. The second kappa shape index (κ2) is 6.97. The predicted octanol–water partition coefficient (Wildman–Crippen LogP) is 2.30. The summed E-state index contributed by atoms with van der Waals surface area (Å²) in [5.74, 6) is -1.28. The summed E-state index contributed by atoms with van der Waals surface area (Å²) in [5, 5.41) is 9.33. The van der Waals surface area contributed by atoms with Gasteiger partial charge in [-0.1, -0.05) is 25.0 Å². The maximum atomic E-state index is 12.6. The lowest BCUT2D eigenvalue weighted by Gasteiger charge is -2.31. The van der Waals surface area contributed by atoms with E-state index < -0.39 is 29.5 Å². The number of aromatic hydroxyl groups is 1. The van der Waals surface area contributed by atoms with Crippen LogP contribution in [0.3, 0.4) is 0 Å². The van der Waals surface area contributed by atoms with Crippen molar-refractivity contribution in [1.82, 2.24) is 0 Å². The fourth-order valence-corrected chi connectivity index (χ4v) is 3.83. The summed E-state index contributed by atoms with van der Waals surface area (Å²) < 4.78 is 5.43. The van der Waals surface area contributed by atoms with Crippen molar-refractivity contribution in [2.75, 3.05) is 0 Å². The summed E-state index contributed by atoms with van der Waals surface area (Å²) in [6, 6.07) is 6.84. The summed E-state index contributed by atoms with van der Waals surface area (Å²) >= 11 is 0. The van der Waals surface area contributed by atoms with Crippen LogP contribution in [-0.4, -0.2) is 33.5 Å². The standard InChI is InChI=1S/C18H20N2O4/c19-20-16-17(22)15(12-3-1-2-4-12)14(24-18(16)23)10-7-11-5-8-13(21)9-6-11/h5-6,8-9,12,14-15,21H,1-4,7,10H2. The Kier molecular flexibility index (Phi) is 4.76. The number of benzene rings is 1. The van der Waals surface area contributed by atoms with Crippen molar-refractivity contribution in [2.24, 2.45) is 11.8 Å². The zero-order chi connectivity index (χ0) is 17.1. The van der Waals surface area contributed by atoms with E-state index in [1.165, 1.54) is 0 Å². The maximum absolute atomic E-state index is 12.6. The number of cyclic esters (lactones) is 1. The monoisotopic (exact) mass is 328 g/mol. The minimum absolute atomic E-state index is 0.173. The molecule has 126 valence electrons. The summed E-state index contributed by atoms with van der Waals surface area (Å²) in [5.41, 5.74) is 9.48. The van der Waals surface area contributed by atoms with Gasteiger partial charge in [0.2, 0.25) is 0 Å². The van der Waals surface area contributed by atoms with E-state index in [2.05, 4.69) is 4.79 Å². The second-order valence-electron chi connectivity index (χ2n) is 6.53. The molecule has 3 rings (SSSR count). The van der Waals surface area contributed by atoms with Crippen LogP contribution in [0.15, 0.2) is 24.3 Å². The molecular weight excluding hydrogens is 308 g/mol. The molecule has 24 heavy (non-hydrogen) atoms. The van der Waals surface area contributed by atoms with E-state index in [9.17, 15) is 14.7 Å². The molecule has 6 nitrogen and oxygen atoms in total. The normalized spacial score (nSPS) is 24.8. The third-order valence-electron chi connectivity index (χ3n) is 5.05. The van der Waals surface area contributed by atoms with E-state index in [0.29, 0.717) is 12.8 Å². The van der Waals surface area contributed by atoms with Crippen molar-refractivity contribution in [3.8, 4) is 5.75 Å². The molecular formula is C18H20N2O4. The topological polar surface area (TPSA) is 100 Å². The Morgan fingerprint density at radius 3 is 2.46 bits per heavy atom. The smallest absolute Gasteiger partial charge is 0.441 e. The highest BCUT2D eigenvalue weighted by Gasteiger charge is 2.51. The number of phenols is 1. The highest BCUT2D eigenvalue weighted by Crippen LogP contribution is 2.37. The van der Waals surface area contributed by atoms with Crippen LogP contribution < -0.4 is 0 Å². The summed E-state index contributed by atoms with van der Waals surface area (Å²) in [6.45, 7) is 0. The molecule has 2 atom stereocenters. The Labute approximate surface area is 140 Å². The van der Waals surface area contributed by atoms with Crippen LogP contribution in [-0.2, 0) is 20.7 Å². The van der Waals surface area contributed by atoms with Gasteiger partial charge >= 0.3 is 11.7 Å².